The summed E-state index contributed by atoms with van der Waals surface area (Å²) in [5.74, 6) is -0.732. The van der Waals surface area contributed by atoms with Crippen LogP contribution in [0.1, 0.15) is 33.5 Å². The second-order valence-corrected chi connectivity index (χ2v) is 8.84. The van der Waals surface area contributed by atoms with Crippen molar-refractivity contribution in [1.82, 2.24) is 5.32 Å². The number of thioether (sulfide) groups is 1. The SMILES string of the molecule is CSCC[C@H](NC(=O)c1ccc(C=CCc2ccccc2)cc1-c1ccccc1C)C(=O)O. The monoisotopic (exact) mass is 459 g/mol. The maximum Gasteiger partial charge on any atom is 0.326 e. The maximum absolute atomic E-state index is 13.1. The highest BCUT2D eigenvalue weighted by molar-refractivity contribution is 7.98. The number of aliphatic carboxylic acids is 1. The predicted octanol–water partition coefficient (Wildman–Crippen LogP) is 5.85. The van der Waals surface area contributed by atoms with Gasteiger partial charge in [0.25, 0.3) is 5.91 Å². The topological polar surface area (TPSA) is 66.4 Å². The minimum atomic E-state index is -1.02. The first kappa shape index (κ1) is 24.3. The summed E-state index contributed by atoms with van der Waals surface area (Å²) >= 11 is 1.56. The van der Waals surface area contributed by atoms with Gasteiger partial charge in [0.15, 0.2) is 0 Å². The quantitative estimate of drug-likeness (QED) is 0.399. The number of aryl methyl sites for hydroxylation is 1. The molecule has 33 heavy (non-hydrogen) atoms. The summed E-state index contributed by atoms with van der Waals surface area (Å²) < 4.78 is 0. The Morgan fingerprint density at radius 1 is 1.00 bits per heavy atom. The highest BCUT2D eigenvalue weighted by atomic mass is 32.2. The fourth-order valence-electron chi connectivity index (χ4n) is 3.64. The summed E-state index contributed by atoms with van der Waals surface area (Å²) in [7, 11) is 0. The number of hydrogen-bond acceptors (Lipinski definition) is 3. The van der Waals surface area contributed by atoms with Crippen molar-refractivity contribution >= 4 is 29.7 Å². The van der Waals surface area contributed by atoms with Crippen LogP contribution in [-0.4, -0.2) is 35.0 Å². The van der Waals surface area contributed by atoms with Crippen LogP contribution in [0, 0.1) is 6.92 Å². The molecule has 170 valence electrons. The highest BCUT2D eigenvalue weighted by Crippen LogP contribution is 2.29. The normalized spacial score (nSPS) is 11.9. The van der Waals surface area contributed by atoms with Gasteiger partial charge in [0.2, 0.25) is 0 Å². The van der Waals surface area contributed by atoms with Gasteiger partial charge in [-0.15, -0.1) is 0 Å². The molecule has 0 unspecified atom stereocenters. The Bertz CT molecular complexity index is 1120. The Balaban J connectivity index is 1.91. The van der Waals surface area contributed by atoms with E-state index in [-0.39, 0.29) is 5.91 Å². The number of carbonyl (C=O) groups is 2. The van der Waals surface area contributed by atoms with Crippen LogP contribution in [0.15, 0.2) is 78.9 Å². The van der Waals surface area contributed by atoms with Crippen LogP contribution in [0.2, 0.25) is 0 Å². The molecular weight excluding hydrogens is 430 g/mol. The molecule has 0 aliphatic carbocycles. The minimum absolute atomic E-state index is 0.374. The average molecular weight is 460 g/mol. The summed E-state index contributed by atoms with van der Waals surface area (Å²) in [6.45, 7) is 2.01. The van der Waals surface area contributed by atoms with Gasteiger partial charge < -0.3 is 10.4 Å². The smallest absolute Gasteiger partial charge is 0.326 e. The van der Waals surface area contributed by atoms with Gasteiger partial charge in [-0.2, -0.15) is 11.8 Å². The second-order valence-electron chi connectivity index (χ2n) is 7.86. The molecule has 1 amide bonds. The van der Waals surface area contributed by atoms with Gasteiger partial charge in [0, 0.05) is 5.56 Å². The van der Waals surface area contributed by atoms with Crippen LogP contribution in [0.5, 0.6) is 0 Å². The summed E-state index contributed by atoms with van der Waals surface area (Å²) in [4.78, 5) is 24.8. The molecular formula is C28H29NO3S. The van der Waals surface area contributed by atoms with E-state index in [1.54, 1.807) is 17.8 Å². The molecule has 0 radical (unpaired) electrons. The Morgan fingerprint density at radius 3 is 2.42 bits per heavy atom. The first-order valence-corrected chi connectivity index (χ1v) is 12.3. The van der Waals surface area contributed by atoms with E-state index in [1.165, 1.54) is 5.56 Å². The molecule has 0 bridgehead atoms. The van der Waals surface area contributed by atoms with E-state index < -0.39 is 12.0 Å². The third kappa shape index (κ3) is 6.83. The molecule has 0 aliphatic rings. The molecule has 1 atom stereocenters. The first-order chi connectivity index (χ1) is 16.0. The molecule has 0 fully saturated rings. The van der Waals surface area contributed by atoms with Gasteiger partial charge in [-0.1, -0.05) is 72.8 Å². The number of allylic oxidation sites excluding steroid dienone is 1. The van der Waals surface area contributed by atoms with Crippen LogP contribution in [0.4, 0.5) is 0 Å². The fraction of sp³-hybridized carbons (Fsp3) is 0.214. The predicted molar refractivity (Wildman–Crippen MR) is 138 cm³/mol. The van der Waals surface area contributed by atoms with E-state index in [9.17, 15) is 14.7 Å². The van der Waals surface area contributed by atoms with E-state index in [4.69, 9.17) is 0 Å². The lowest BCUT2D eigenvalue weighted by Crippen LogP contribution is -2.41. The zero-order chi connectivity index (χ0) is 23.6. The molecule has 0 aliphatic heterocycles. The molecule has 3 aromatic carbocycles. The molecule has 4 nitrogen and oxygen atoms in total. The molecule has 3 aromatic rings. The van der Waals surface area contributed by atoms with Crippen LogP contribution in [0.25, 0.3) is 17.2 Å². The van der Waals surface area contributed by atoms with Crippen LogP contribution in [0.3, 0.4) is 0 Å². The van der Waals surface area contributed by atoms with E-state index in [0.29, 0.717) is 17.7 Å². The molecule has 0 heterocycles. The average Bonchev–Trinajstić information content (AvgIpc) is 2.82. The molecule has 0 saturated carbocycles. The Morgan fingerprint density at radius 2 is 1.73 bits per heavy atom. The van der Waals surface area contributed by atoms with E-state index >= 15 is 0 Å². The lowest BCUT2D eigenvalue weighted by atomic mass is 9.93. The Labute approximate surface area is 199 Å². The third-order valence-electron chi connectivity index (χ3n) is 5.44. The summed E-state index contributed by atoms with van der Waals surface area (Å²) in [5.41, 5.74) is 5.49. The molecule has 0 aromatic heterocycles. The van der Waals surface area contributed by atoms with Crippen molar-refractivity contribution in [2.24, 2.45) is 0 Å². The number of benzene rings is 3. The number of carboxylic acids is 1. The van der Waals surface area contributed by atoms with Gasteiger partial charge >= 0.3 is 5.97 Å². The molecule has 5 heteroatoms. The fourth-order valence-corrected chi connectivity index (χ4v) is 4.11. The van der Waals surface area contributed by atoms with Crippen molar-refractivity contribution in [3.05, 3.63) is 101 Å². The first-order valence-electron chi connectivity index (χ1n) is 10.9. The number of rotatable bonds is 10. The lowest BCUT2D eigenvalue weighted by Gasteiger charge is -2.17. The zero-order valence-corrected chi connectivity index (χ0v) is 19.8. The second kappa shape index (κ2) is 12.1. The maximum atomic E-state index is 13.1. The van der Waals surface area contributed by atoms with Gasteiger partial charge in [-0.05, 0) is 71.7 Å². The number of carboxylic acid groups (broad SMARTS) is 1. The number of nitrogens with one attached hydrogen (secondary N) is 1. The lowest BCUT2D eigenvalue weighted by molar-refractivity contribution is -0.139. The van der Waals surface area contributed by atoms with E-state index in [1.807, 2.05) is 67.8 Å². The largest absolute Gasteiger partial charge is 0.480 e. The summed E-state index contributed by atoms with van der Waals surface area (Å²) in [6.07, 6.45) is 7.27. The van der Waals surface area contributed by atoms with Crippen molar-refractivity contribution in [2.45, 2.75) is 25.8 Å². The van der Waals surface area contributed by atoms with Crippen LogP contribution >= 0.6 is 11.8 Å². The van der Waals surface area contributed by atoms with Gasteiger partial charge in [-0.25, -0.2) is 4.79 Å². The summed E-state index contributed by atoms with van der Waals surface area (Å²) in [5, 5.41) is 12.2. The van der Waals surface area contributed by atoms with E-state index in [0.717, 1.165) is 28.7 Å². The van der Waals surface area contributed by atoms with Crippen molar-refractivity contribution < 1.29 is 14.7 Å². The van der Waals surface area contributed by atoms with Gasteiger partial charge in [0.05, 0.1) is 0 Å². The number of hydrogen-bond donors (Lipinski definition) is 2. The molecule has 0 saturated heterocycles. The van der Waals surface area contributed by atoms with Crippen LogP contribution in [-0.2, 0) is 11.2 Å². The standard InChI is InChI=1S/C28H29NO3S/c1-20-9-6-7-14-23(20)25-19-22(13-8-12-21-10-4-3-5-11-21)15-16-24(25)27(30)29-26(28(31)32)17-18-33-2/h3-11,13-16,19,26H,12,17-18H2,1-2H3,(H,29,30)(H,31,32)/t26-/m0/s1. The highest BCUT2D eigenvalue weighted by Gasteiger charge is 2.22. The minimum Gasteiger partial charge on any atom is -0.480 e. The van der Waals surface area contributed by atoms with Crippen molar-refractivity contribution in [3.63, 3.8) is 0 Å². The van der Waals surface area contributed by atoms with Gasteiger partial charge in [0.1, 0.15) is 6.04 Å². The molecule has 2 N–H and O–H groups in total. The number of carbonyl (C=O) groups excluding carboxylic acids is 1. The molecule has 0 spiro atoms. The van der Waals surface area contributed by atoms with E-state index in [2.05, 4.69) is 29.6 Å². The van der Waals surface area contributed by atoms with Gasteiger partial charge in [-0.3, -0.25) is 4.79 Å². The molecule has 3 rings (SSSR count). The van der Waals surface area contributed by atoms with Crippen molar-refractivity contribution in [1.29, 1.82) is 0 Å². The summed E-state index contributed by atoms with van der Waals surface area (Å²) in [6, 6.07) is 22.9. The zero-order valence-electron chi connectivity index (χ0n) is 19.0. The van der Waals surface area contributed by atoms with Crippen molar-refractivity contribution in [3.8, 4) is 11.1 Å². The Kier molecular flexibility index (Phi) is 8.90. The van der Waals surface area contributed by atoms with Crippen molar-refractivity contribution in [2.75, 3.05) is 12.0 Å². The number of amides is 1. The van der Waals surface area contributed by atoms with Crippen LogP contribution < -0.4 is 5.32 Å². The Hall–Kier alpha value is -3.31. The third-order valence-corrected chi connectivity index (χ3v) is 6.09.